The van der Waals surface area contributed by atoms with Gasteiger partial charge in [0.2, 0.25) is 0 Å². The van der Waals surface area contributed by atoms with Gasteiger partial charge in [-0.3, -0.25) is 4.79 Å². The molecule has 1 aromatic heterocycles. The van der Waals surface area contributed by atoms with Gasteiger partial charge in [0.25, 0.3) is 5.56 Å². The van der Waals surface area contributed by atoms with Crippen LogP contribution in [0, 0.1) is 6.92 Å². The molecule has 0 fully saturated rings. The van der Waals surface area contributed by atoms with E-state index in [4.69, 9.17) is 5.11 Å². The van der Waals surface area contributed by atoms with Crippen molar-refractivity contribution in [2.45, 2.75) is 20.4 Å². The van der Waals surface area contributed by atoms with Crippen LogP contribution in [0.3, 0.4) is 0 Å². The maximum Gasteiger partial charge on any atom is 0.252 e. The lowest BCUT2D eigenvalue weighted by molar-refractivity contribution is 0.311. The molecule has 0 atom stereocenters. The number of aliphatic hydroxyl groups excluding tert-OH is 1. The van der Waals surface area contributed by atoms with Crippen molar-refractivity contribution in [3.8, 4) is 0 Å². The van der Waals surface area contributed by atoms with Crippen LogP contribution < -0.4 is 10.9 Å². The number of pyridine rings is 1. The van der Waals surface area contributed by atoms with Crippen LogP contribution >= 0.6 is 0 Å². The lowest BCUT2D eigenvalue weighted by atomic mass is 10.3. The van der Waals surface area contributed by atoms with Crippen LogP contribution in [0.5, 0.6) is 0 Å². The van der Waals surface area contributed by atoms with E-state index in [1.807, 2.05) is 19.9 Å². The molecule has 0 amide bonds. The van der Waals surface area contributed by atoms with Gasteiger partial charge < -0.3 is 15.0 Å². The van der Waals surface area contributed by atoms with Gasteiger partial charge in [0, 0.05) is 30.5 Å². The average molecular weight is 196 g/mol. The van der Waals surface area contributed by atoms with Crippen molar-refractivity contribution in [1.82, 2.24) is 4.57 Å². The molecule has 4 nitrogen and oxygen atoms in total. The lowest BCUT2D eigenvalue weighted by Gasteiger charge is -2.10. The third kappa shape index (κ3) is 2.35. The van der Waals surface area contributed by atoms with Crippen LogP contribution in [0.25, 0.3) is 0 Å². The molecular formula is C10H16N2O2. The van der Waals surface area contributed by atoms with Crippen LogP contribution in [0.4, 0.5) is 5.69 Å². The number of rotatable bonds is 4. The SMILES string of the molecule is CCn1c(C)cc(NCCO)cc1=O. The number of aryl methyl sites for hydroxylation is 1. The van der Waals surface area contributed by atoms with Crippen molar-refractivity contribution in [3.05, 3.63) is 28.2 Å². The highest BCUT2D eigenvalue weighted by Crippen LogP contribution is 2.05. The van der Waals surface area contributed by atoms with E-state index in [1.54, 1.807) is 10.6 Å². The van der Waals surface area contributed by atoms with E-state index in [-0.39, 0.29) is 12.2 Å². The Morgan fingerprint density at radius 2 is 2.21 bits per heavy atom. The fourth-order valence-corrected chi connectivity index (χ4v) is 1.44. The third-order valence-corrected chi connectivity index (χ3v) is 2.09. The molecule has 0 aliphatic rings. The average Bonchev–Trinajstić information content (AvgIpc) is 2.14. The maximum atomic E-state index is 11.5. The van der Waals surface area contributed by atoms with E-state index in [1.165, 1.54) is 0 Å². The molecule has 78 valence electrons. The predicted molar refractivity (Wildman–Crippen MR) is 56.7 cm³/mol. The standard InChI is InChI=1S/C10H16N2O2/c1-3-12-8(2)6-9(7-10(12)14)11-4-5-13/h6-7,11,13H,3-5H2,1-2H3. The molecule has 0 saturated carbocycles. The van der Waals surface area contributed by atoms with Crippen molar-refractivity contribution >= 4 is 5.69 Å². The molecule has 0 aliphatic heterocycles. The molecule has 0 spiro atoms. The van der Waals surface area contributed by atoms with E-state index < -0.39 is 0 Å². The second-order valence-corrected chi connectivity index (χ2v) is 3.12. The summed E-state index contributed by atoms with van der Waals surface area (Å²) < 4.78 is 1.70. The molecule has 1 aromatic rings. The second-order valence-electron chi connectivity index (χ2n) is 3.12. The summed E-state index contributed by atoms with van der Waals surface area (Å²) >= 11 is 0. The van der Waals surface area contributed by atoms with Gasteiger partial charge in [0.05, 0.1) is 6.61 Å². The minimum Gasteiger partial charge on any atom is -0.395 e. The Morgan fingerprint density at radius 1 is 1.50 bits per heavy atom. The van der Waals surface area contributed by atoms with Crippen LogP contribution in [0.1, 0.15) is 12.6 Å². The molecule has 0 saturated heterocycles. The molecule has 2 N–H and O–H groups in total. The van der Waals surface area contributed by atoms with Crippen molar-refractivity contribution in [3.63, 3.8) is 0 Å². The quantitative estimate of drug-likeness (QED) is 0.740. The van der Waals surface area contributed by atoms with Gasteiger partial charge in [0.15, 0.2) is 0 Å². The zero-order valence-electron chi connectivity index (χ0n) is 8.58. The zero-order valence-corrected chi connectivity index (χ0v) is 8.58. The van der Waals surface area contributed by atoms with E-state index >= 15 is 0 Å². The summed E-state index contributed by atoms with van der Waals surface area (Å²) in [6.07, 6.45) is 0. The summed E-state index contributed by atoms with van der Waals surface area (Å²) in [7, 11) is 0. The minimum absolute atomic E-state index is 0.00654. The van der Waals surface area contributed by atoms with E-state index in [9.17, 15) is 4.79 Å². The number of nitrogens with zero attached hydrogens (tertiary/aromatic N) is 1. The Bertz CT molecular complexity index is 358. The summed E-state index contributed by atoms with van der Waals surface area (Å²) in [6, 6.07) is 3.45. The van der Waals surface area contributed by atoms with Gasteiger partial charge in [-0.15, -0.1) is 0 Å². The minimum atomic E-state index is -0.00654. The first-order chi connectivity index (χ1) is 6.69. The summed E-state index contributed by atoms with van der Waals surface area (Å²) in [6.45, 7) is 5.06. The molecule has 0 aliphatic carbocycles. The lowest BCUT2D eigenvalue weighted by Crippen LogP contribution is -2.21. The normalized spacial score (nSPS) is 10.2. The van der Waals surface area contributed by atoms with Gasteiger partial charge in [-0.1, -0.05) is 0 Å². The molecule has 0 bridgehead atoms. The molecule has 14 heavy (non-hydrogen) atoms. The Hall–Kier alpha value is -1.29. The highest BCUT2D eigenvalue weighted by Gasteiger charge is 2.00. The fourth-order valence-electron chi connectivity index (χ4n) is 1.44. The van der Waals surface area contributed by atoms with Gasteiger partial charge in [0.1, 0.15) is 0 Å². The molecular weight excluding hydrogens is 180 g/mol. The molecule has 1 heterocycles. The summed E-state index contributed by atoms with van der Waals surface area (Å²) in [5, 5.41) is 11.6. The first-order valence-corrected chi connectivity index (χ1v) is 4.75. The largest absolute Gasteiger partial charge is 0.395 e. The Labute approximate surface area is 83.2 Å². The fraction of sp³-hybridized carbons (Fsp3) is 0.500. The van der Waals surface area contributed by atoms with E-state index in [0.717, 1.165) is 11.4 Å². The van der Waals surface area contributed by atoms with Gasteiger partial charge >= 0.3 is 0 Å². The summed E-state index contributed by atoms with van der Waals surface area (Å²) in [5.74, 6) is 0. The Balaban J connectivity index is 2.96. The number of hydrogen-bond acceptors (Lipinski definition) is 3. The first-order valence-electron chi connectivity index (χ1n) is 4.75. The number of aromatic nitrogens is 1. The van der Waals surface area contributed by atoms with E-state index in [0.29, 0.717) is 13.1 Å². The summed E-state index contributed by atoms with van der Waals surface area (Å²) in [5.41, 5.74) is 1.69. The number of aliphatic hydroxyl groups is 1. The van der Waals surface area contributed by atoms with Gasteiger partial charge in [-0.25, -0.2) is 0 Å². The van der Waals surface area contributed by atoms with Gasteiger partial charge in [-0.05, 0) is 19.9 Å². The van der Waals surface area contributed by atoms with Crippen molar-refractivity contribution < 1.29 is 5.11 Å². The number of nitrogens with one attached hydrogen (secondary N) is 1. The third-order valence-electron chi connectivity index (χ3n) is 2.09. The monoisotopic (exact) mass is 196 g/mol. The molecule has 0 aromatic carbocycles. The van der Waals surface area contributed by atoms with Crippen LogP contribution in [0.15, 0.2) is 16.9 Å². The topological polar surface area (TPSA) is 54.3 Å². The Kier molecular flexibility index (Phi) is 3.71. The van der Waals surface area contributed by atoms with Crippen LogP contribution in [0.2, 0.25) is 0 Å². The zero-order chi connectivity index (χ0) is 10.6. The van der Waals surface area contributed by atoms with Crippen molar-refractivity contribution in [2.24, 2.45) is 0 Å². The predicted octanol–water partition coefficient (Wildman–Crippen LogP) is 0.581. The molecule has 0 radical (unpaired) electrons. The van der Waals surface area contributed by atoms with Crippen molar-refractivity contribution in [2.75, 3.05) is 18.5 Å². The summed E-state index contributed by atoms with van der Waals surface area (Å²) in [4.78, 5) is 11.5. The highest BCUT2D eigenvalue weighted by molar-refractivity contribution is 5.43. The smallest absolute Gasteiger partial charge is 0.252 e. The van der Waals surface area contributed by atoms with Crippen LogP contribution in [-0.2, 0) is 6.54 Å². The number of anilines is 1. The van der Waals surface area contributed by atoms with Crippen LogP contribution in [-0.4, -0.2) is 22.8 Å². The van der Waals surface area contributed by atoms with Gasteiger partial charge in [-0.2, -0.15) is 0 Å². The van der Waals surface area contributed by atoms with Crippen molar-refractivity contribution in [1.29, 1.82) is 0 Å². The number of hydrogen-bond donors (Lipinski definition) is 2. The Morgan fingerprint density at radius 3 is 2.71 bits per heavy atom. The molecule has 0 unspecified atom stereocenters. The molecule has 1 rings (SSSR count). The first kappa shape index (κ1) is 10.8. The molecule has 4 heteroatoms. The van der Waals surface area contributed by atoms with E-state index in [2.05, 4.69) is 5.32 Å². The highest BCUT2D eigenvalue weighted by atomic mass is 16.3. The maximum absolute atomic E-state index is 11.5. The second kappa shape index (κ2) is 4.81.